The number of ether oxygens (including phenoxy) is 1. The van der Waals surface area contributed by atoms with Crippen LogP contribution in [-0.4, -0.2) is 27.7 Å². The molecule has 0 unspecified atom stereocenters. The van der Waals surface area contributed by atoms with Crippen molar-refractivity contribution in [1.82, 2.24) is 14.8 Å². The van der Waals surface area contributed by atoms with Crippen molar-refractivity contribution >= 4 is 5.78 Å². The van der Waals surface area contributed by atoms with Gasteiger partial charge in [-0.3, -0.25) is 9.48 Å². The number of aromatic nitrogens is 3. The zero-order valence-corrected chi connectivity index (χ0v) is 9.75. The second kappa shape index (κ2) is 4.78. The number of methoxy groups -OCH3 is 1. The highest BCUT2D eigenvalue weighted by Crippen LogP contribution is 2.09. The van der Waals surface area contributed by atoms with Crippen LogP contribution in [0.2, 0.25) is 0 Å². The van der Waals surface area contributed by atoms with Crippen molar-refractivity contribution in [2.75, 3.05) is 7.11 Å². The highest BCUT2D eigenvalue weighted by molar-refractivity contribution is 5.95. The molecule has 5 heteroatoms. The van der Waals surface area contributed by atoms with Crippen molar-refractivity contribution in [3.8, 4) is 5.88 Å². The summed E-state index contributed by atoms with van der Waals surface area (Å²) in [5, 5.41) is 4.06. The first-order valence-electron chi connectivity index (χ1n) is 5.21. The molecule has 0 aliphatic carbocycles. The van der Waals surface area contributed by atoms with Gasteiger partial charge in [-0.1, -0.05) is 6.07 Å². The van der Waals surface area contributed by atoms with Gasteiger partial charge in [0.15, 0.2) is 5.78 Å². The average Bonchev–Trinajstić information content (AvgIpc) is 2.77. The first kappa shape index (κ1) is 11.3. The molecule has 17 heavy (non-hydrogen) atoms. The Balaban J connectivity index is 2.07. The maximum Gasteiger partial charge on any atom is 0.212 e. The predicted octanol–water partition coefficient (Wildman–Crippen LogP) is 1.25. The van der Waals surface area contributed by atoms with Crippen LogP contribution in [0.3, 0.4) is 0 Å². The maximum absolute atomic E-state index is 11.8. The number of hydrogen-bond acceptors (Lipinski definition) is 4. The van der Waals surface area contributed by atoms with E-state index in [4.69, 9.17) is 4.74 Å². The van der Waals surface area contributed by atoms with Gasteiger partial charge in [-0.15, -0.1) is 0 Å². The van der Waals surface area contributed by atoms with Gasteiger partial charge in [0.25, 0.3) is 0 Å². The van der Waals surface area contributed by atoms with E-state index in [0.29, 0.717) is 18.0 Å². The number of ketones is 1. The van der Waals surface area contributed by atoms with Gasteiger partial charge in [0.05, 0.1) is 7.11 Å². The summed E-state index contributed by atoms with van der Waals surface area (Å²) in [6.45, 7) is 0. The van der Waals surface area contributed by atoms with E-state index in [1.165, 1.54) is 0 Å². The summed E-state index contributed by atoms with van der Waals surface area (Å²) >= 11 is 0. The largest absolute Gasteiger partial charge is 0.481 e. The van der Waals surface area contributed by atoms with Gasteiger partial charge in [-0.25, -0.2) is 4.98 Å². The Hall–Kier alpha value is -2.17. The lowest BCUT2D eigenvalue weighted by Crippen LogP contribution is -2.05. The van der Waals surface area contributed by atoms with Gasteiger partial charge in [0.2, 0.25) is 5.88 Å². The number of rotatable bonds is 4. The first-order chi connectivity index (χ1) is 8.19. The van der Waals surface area contributed by atoms with Crippen molar-refractivity contribution in [1.29, 1.82) is 0 Å². The fraction of sp³-hybridized carbons (Fsp3) is 0.250. The molecule has 0 N–H and O–H groups in total. The summed E-state index contributed by atoms with van der Waals surface area (Å²) in [7, 11) is 3.34. The van der Waals surface area contributed by atoms with Gasteiger partial charge in [-0.2, -0.15) is 5.10 Å². The maximum atomic E-state index is 11.8. The molecule has 0 saturated heterocycles. The van der Waals surface area contributed by atoms with E-state index in [2.05, 4.69) is 10.1 Å². The van der Waals surface area contributed by atoms with Crippen LogP contribution in [0.25, 0.3) is 0 Å². The molecule has 0 amide bonds. The standard InChI is InChI=1S/C12H13N3O2/c1-15-6-5-10(14-15)11(16)7-9-3-4-12(17-2)13-8-9/h3-6,8H,7H2,1-2H3. The van der Waals surface area contributed by atoms with Crippen LogP contribution >= 0.6 is 0 Å². The third-order valence-electron chi connectivity index (χ3n) is 2.37. The van der Waals surface area contributed by atoms with Crippen molar-refractivity contribution in [2.45, 2.75) is 6.42 Å². The Bertz CT molecular complexity index is 517. The normalized spacial score (nSPS) is 10.2. The number of Topliss-reactive ketones (excluding diaryl/α,β-unsaturated/α-hetero) is 1. The molecule has 0 aliphatic heterocycles. The SMILES string of the molecule is COc1ccc(CC(=O)c2ccn(C)n2)cn1. The average molecular weight is 231 g/mol. The van der Waals surface area contributed by atoms with Crippen molar-refractivity contribution in [3.05, 3.63) is 41.9 Å². The van der Waals surface area contributed by atoms with Gasteiger partial charge < -0.3 is 4.74 Å². The van der Waals surface area contributed by atoms with E-state index >= 15 is 0 Å². The van der Waals surface area contributed by atoms with E-state index in [-0.39, 0.29) is 5.78 Å². The molecule has 0 aliphatic rings. The van der Waals surface area contributed by atoms with E-state index in [1.807, 2.05) is 6.07 Å². The van der Waals surface area contributed by atoms with Gasteiger partial charge in [-0.05, 0) is 11.6 Å². The lowest BCUT2D eigenvalue weighted by molar-refractivity contribution is 0.0987. The summed E-state index contributed by atoms with van der Waals surface area (Å²) < 4.78 is 6.56. The Kier molecular flexibility index (Phi) is 3.18. The summed E-state index contributed by atoms with van der Waals surface area (Å²) in [5.41, 5.74) is 1.32. The van der Waals surface area contributed by atoms with Gasteiger partial charge in [0.1, 0.15) is 5.69 Å². The highest BCUT2D eigenvalue weighted by atomic mass is 16.5. The Labute approximate surface area is 99.1 Å². The molecular formula is C12H13N3O2. The third kappa shape index (κ3) is 2.69. The monoisotopic (exact) mass is 231 g/mol. The van der Waals surface area contributed by atoms with Crippen molar-refractivity contribution in [2.24, 2.45) is 7.05 Å². The third-order valence-corrected chi connectivity index (χ3v) is 2.37. The molecule has 88 valence electrons. The summed E-state index contributed by atoms with van der Waals surface area (Å²) in [6, 6.07) is 5.27. The van der Waals surface area contributed by atoms with Gasteiger partial charge >= 0.3 is 0 Å². The molecule has 0 atom stereocenters. The molecule has 0 radical (unpaired) electrons. The first-order valence-corrected chi connectivity index (χ1v) is 5.21. The van der Waals surface area contributed by atoms with Crippen LogP contribution in [0.15, 0.2) is 30.6 Å². The fourth-order valence-electron chi connectivity index (χ4n) is 1.48. The van der Waals surface area contributed by atoms with Crippen LogP contribution in [0, 0.1) is 0 Å². The lowest BCUT2D eigenvalue weighted by Gasteiger charge is -2.00. The topological polar surface area (TPSA) is 57.0 Å². The van der Waals surface area contributed by atoms with Crippen LogP contribution in [-0.2, 0) is 13.5 Å². The predicted molar refractivity (Wildman–Crippen MR) is 62.0 cm³/mol. The minimum Gasteiger partial charge on any atom is -0.481 e. The minimum atomic E-state index is -0.0161. The second-order valence-electron chi connectivity index (χ2n) is 3.68. The summed E-state index contributed by atoms with van der Waals surface area (Å²) in [4.78, 5) is 15.9. The molecule has 2 rings (SSSR count). The van der Waals surface area contributed by atoms with E-state index in [9.17, 15) is 4.79 Å². The number of hydrogen-bond donors (Lipinski definition) is 0. The molecule has 2 aromatic rings. The fourth-order valence-corrected chi connectivity index (χ4v) is 1.48. The van der Waals surface area contributed by atoms with Crippen LogP contribution < -0.4 is 4.74 Å². The lowest BCUT2D eigenvalue weighted by atomic mass is 10.1. The molecule has 0 spiro atoms. The smallest absolute Gasteiger partial charge is 0.212 e. The van der Waals surface area contributed by atoms with E-state index in [1.54, 1.807) is 43.4 Å². The molecular weight excluding hydrogens is 218 g/mol. The van der Waals surface area contributed by atoms with Crippen LogP contribution in [0.1, 0.15) is 16.1 Å². The van der Waals surface area contributed by atoms with Crippen LogP contribution in [0.5, 0.6) is 5.88 Å². The molecule has 2 heterocycles. The zero-order chi connectivity index (χ0) is 12.3. The molecule has 0 bridgehead atoms. The van der Waals surface area contributed by atoms with Crippen molar-refractivity contribution in [3.63, 3.8) is 0 Å². The number of carbonyl (C=O) groups excluding carboxylic acids is 1. The Morgan fingerprint density at radius 2 is 2.24 bits per heavy atom. The number of aryl methyl sites for hydroxylation is 1. The second-order valence-corrected chi connectivity index (χ2v) is 3.68. The van der Waals surface area contributed by atoms with Crippen LogP contribution in [0.4, 0.5) is 0 Å². The number of carbonyl (C=O) groups is 1. The minimum absolute atomic E-state index is 0.0161. The van der Waals surface area contributed by atoms with Crippen molar-refractivity contribution < 1.29 is 9.53 Å². The molecule has 0 saturated carbocycles. The molecule has 5 nitrogen and oxygen atoms in total. The highest BCUT2D eigenvalue weighted by Gasteiger charge is 2.10. The number of nitrogens with zero attached hydrogens (tertiary/aromatic N) is 3. The zero-order valence-electron chi connectivity index (χ0n) is 9.75. The van der Waals surface area contributed by atoms with Gasteiger partial charge in [0, 0.05) is 31.9 Å². The Morgan fingerprint density at radius 1 is 1.41 bits per heavy atom. The molecule has 0 fully saturated rings. The number of pyridine rings is 1. The Morgan fingerprint density at radius 3 is 2.76 bits per heavy atom. The quantitative estimate of drug-likeness (QED) is 0.743. The van der Waals surface area contributed by atoms with E-state index < -0.39 is 0 Å². The molecule has 2 aromatic heterocycles. The molecule has 0 aromatic carbocycles. The van der Waals surface area contributed by atoms with E-state index in [0.717, 1.165) is 5.56 Å². The summed E-state index contributed by atoms with van der Waals surface area (Å²) in [5.74, 6) is 0.525. The summed E-state index contributed by atoms with van der Waals surface area (Å²) in [6.07, 6.45) is 3.69.